The number of aromatic nitrogens is 1. The number of hydrogen-bond acceptors (Lipinski definition) is 6. The molecule has 19 heavy (non-hydrogen) atoms. The van der Waals surface area contributed by atoms with Crippen molar-refractivity contribution in [1.29, 1.82) is 0 Å². The highest BCUT2D eigenvalue weighted by Crippen LogP contribution is 2.27. The highest BCUT2D eigenvalue weighted by Gasteiger charge is 2.32. The largest absolute Gasteiger partial charge is 0.387 e. The van der Waals surface area contributed by atoms with Gasteiger partial charge >= 0.3 is 5.82 Å². The average Bonchev–Trinajstić information content (AvgIpc) is 2.46. The number of nitrogens with one attached hydrogen (secondary N) is 2. The molecule has 1 aliphatic rings. The van der Waals surface area contributed by atoms with Crippen LogP contribution < -0.4 is 15.5 Å². The molecule has 0 aliphatic carbocycles. The zero-order chi connectivity index (χ0) is 13.8. The molecule has 1 saturated heterocycles. The van der Waals surface area contributed by atoms with E-state index in [0.29, 0.717) is 25.3 Å². The summed E-state index contributed by atoms with van der Waals surface area (Å²) in [5.41, 5.74) is 0.377. The molecule has 1 atom stereocenters. The van der Waals surface area contributed by atoms with Crippen LogP contribution in [0.1, 0.15) is 0 Å². The Hall–Kier alpha value is -2.22. The van der Waals surface area contributed by atoms with Gasteiger partial charge in [0.25, 0.3) is 0 Å². The van der Waals surface area contributed by atoms with Crippen molar-refractivity contribution in [3.63, 3.8) is 0 Å². The van der Waals surface area contributed by atoms with Gasteiger partial charge in [0.1, 0.15) is 17.9 Å². The van der Waals surface area contributed by atoms with Gasteiger partial charge in [0.05, 0.1) is 0 Å². The van der Waals surface area contributed by atoms with Crippen LogP contribution in [0.3, 0.4) is 0 Å². The van der Waals surface area contributed by atoms with E-state index < -0.39 is 11.0 Å². The second kappa shape index (κ2) is 5.61. The van der Waals surface area contributed by atoms with Crippen molar-refractivity contribution in [2.24, 2.45) is 0 Å². The van der Waals surface area contributed by atoms with E-state index >= 15 is 0 Å². The maximum atomic E-state index is 11.8. The van der Waals surface area contributed by atoms with Gasteiger partial charge in [-0.25, -0.2) is 0 Å². The second-order valence-corrected chi connectivity index (χ2v) is 4.13. The Labute approximate surface area is 110 Å². The summed E-state index contributed by atoms with van der Waals surface area (Å²) in [7, 11) is 1.55. The van der Waals surface area contributed by atoms with Gasteiger partial charge in [0, 0.05) is 26.7 Å². The predicted molar refractivity (Wildman–Crippen MR) is 69.0 cm³/mol. The molecule has 0 saturated carbocycles. The van der Waals surface area contributed by atoms with Crippen LogP contribution in [-0.4, -0.2) is 48.5 Å². The number of carbonyl (C=O) groups excluding carboxylic acids is 1. The SMILES string of the molecule is CNC(=O)C1CNCCN1c1cccnc1[N+](=O)[O-]. The number of nitrogens with zero attached hydrogens (tertiary/aromatic N) is 3. The van der Waals surface area contributed by atoms with Crippen LogP contribution in [0.5, 0.6) is 0 Å². The minimum atomic E-state index is -0.529. The van der Waals surface area contributed by atoms with Crippen molar-refractivity contribution in [3.8, 4) is 0 Å². The van der Waals surface area contributed by atoms with Gasteiger partial charge in [-0.3, -0.25) is 4.79 Å². The molecule has 1 unspecified atom stereocenters. The third-order valence-electron chi connectivity index (χ3n) is 3.04. The molecule has 1 aromatic heterocycles. The summed E-state index contributed by atoms with van der Waals surface area (Å²) in [6.45, 7) is 1.63. The third-order valence-corrected chi connectivity index (χ3v) is 3.04. The first-order valence-corrected chi connectivity index (χ1v) is 5.93. The van der Waals surface area contributed by atoms with Crippen molar-refractivity contribution >= 4 is 17.4 Å². The van der Waals surface area contributed by atoms with E-state index in [2.05, 4.69) is 15.6 Å². The van der Waals surface area contributed by atoms with Crippen molar-refractivity contribution < 1.29 is 9.72 Å². The Balaban J connectivity index is 2.37. The number of rotatable bonds is 3. The minimum absolute atomic E-state index is 0.176. The summed E-state index contributed by atoms with van der Waals surface area (Å²) in [6.07, 6.45) is 1.37. The molecular weight excluding hydrogens is 250 g/mol. The van der Waals surface area contributed by atoms with Gasteiger partial charge in [-0.05, 0) is 22.0 Å². The zero-order valence-electron chi connectivity index (χ0n) is 10.5. The molecule has 2 rings (SSSR count). The highest BCUT2D eigenvalue weighted by molar-refractivity contribution is 5.86. The van der Waals surface area contributed by atoms with E-state index in [4.69, 9.17) is 0 Å². The number of anilines is 1. The number of nitro groups is 1. The number of likely N-dealkylation sites (N-methyl/N-ethyl adjacent to an activating group) is 1. The summed E-state index contributed by atoms with van der Waals surface area (Å²) < 4.78 is 0. The van der Waals surface area contributed by atoms with Crippen LogP contribution >= 0.6 is 0 Å². The van der Waals surface area contributed by atoms with E-state index in [1.54, 1.807) is 24.1 Å². The molecular formula is C11H15N5O3. The molecule has 8 nitrogen and oxygen atoms in total. The van der Waals surface area contributed by atoms with Gasteiger partial charge in [-0.1, -0.05) is 0 Å². The van der Waals surface area contributed by atoms with Crippen molar-refractivity contribution in [2.45, 2.75) is 6.04 Å². The Morgan fingerprint density at radius 3 is 3.16 bits per heavy atom. The second-order valence-electron chi connectivity index (χ2n) is 4.13. The summed E-state index contributed by atoms with van der Waals surface area (Å²) in [4.78, 5) is 27.8. The number of carbonyl (C=O) groups is 1. The molecule has 1 aromatic rings. The molecule has 0 radical (unpaired) electrons. The maximum Gasteiger partial charge on any atom is 0.387 e. The molecule has 0 spiro atoms. The van der Waals surface area contributed by atoms with Crippen molar-refractivity contribution in [2.75, 3.05) is 31.6 Å². The predicted octanol–water partition coefficient (Wildman–Crippen LogP) is -0.486. The van der Waals surface area contributed by atoms with Crippen LogP contribution in [0.2, 0.25) is 0 Å². The highest BCUT2D eigenvalue weighted by atomic mass is 16.6. The molecule has 1 fully saturated rings. The molecule has 2 heterocycles. The molecule has 102 valence electrons. The number of pyridine rings is 1. The van der Waals surface area contributed by atoms with Crippen LogP contribution in [0.25, 0.3) is 0 Å². The molecule has 1 amide bonds. The fourth-order valence-electron chi connectivity index (χ4n) is 2.15. The van der Waals surface area contributed by atoms with Crippen molar-refractivity contribution in [1.82, 2.24) is 15.6 Å². The zero-order valence-corrected chi connectivity index (χ0v) is 10.5. The van der Waals surface area contributed by atoms with Crippen LogP contribution in [-0.2, 0) is 4.79 Å². The summed E-state index contributed by atoms with van der Waals surface area (Å²) >= 11 is 0. The van der Waals surface area contributed by atoms with Crippen molar-refractivity contribution in [3.05, 3.63) is 28.4 Å². The van der Waals surface area contributed by atoms with Crippen LogP contribution in [0.15, 0.2) is 18.3 Å². The number of hydrogen-bond donors (Lipinski definition) is 2. The van der Waals surface area contributed by atoms with E-state index in [9.17, 15) is 14.9 Å². The summed E-state index contributed by atoms with van der Waals surface area (Å²) in [6, 6.07) is 2.78. The monoisotopic (exact) mass is 265 g/mol. The maximum absolute atomic E-state index is 11.8. The molecule has 0 aromatic carbocycles. The van der Waals surface area contributed by atoms with E-state index in [1.807, 2.05) is 0 Å². The summed E-state index contributed by atoms with van der Waals surface area (Å²) in [5, 5.41) is 16.7. The molecule has 2 N–H and O–H groups in total. The lowest BCUT2D eigenvalue weighted by atomic mass is 10.1. The van der Waals surface area contributed by atoms with Crippen LogP contribution in [0, 0.1) is 10.1 Å². The van der Waals surface area contributed by atoms with E-state index in [0.717, 1.165) is 0 Å². The van der Waals surface area contributed by atoms with E-state index in [-0.39, 0.29) is 11.7 Å². The summed E-state index contributed by atoms with van der Waals surface area (Å²) in [5.74, 6) is -0.399. The lowest BCUT2D eigenvalue weighted by molar-refractivity contribution is -0.388. The topological polar surface area (TPSA) is 100 Å². The van der Waals surface area contributed by atoms with Gasteiger partial charge < -0.3 is 25.6 Å². The number of amides is 1. The van der Waals surface area contributed by atoms with Crippen LogP contribution in [0.4, 0.5) is 11.5 Å². The Morgan fingerprint density at radius 2 is 2.47 bits per heavy atom. The fourth-order valence-corrected chi connectivity index (χ4v) is 2.15. The first-order valence-electron chi connectivity index (χ1n) is 5.93. The first kappa shape index (κ1) is 13.2. The normalized spacial score (nSPS) is 19.0. The fraction of sp³-hybridized carbons (Fsp3) is 0.455. The third kappa shape index (κ3) is 2.63. The first-order chi connectivity index (χ1) is 9.15. The molecule has 0 bridgehead atoms. The lowest BCUT2D eigenvalue weighted by Crippen LogP contribution is -2.57. The van der Waals surface area contributed by atoms with Gasteiger partial charge in [0.2, 0.25) is 5.91 Å². The quantitative estimate of drug-likeness (QED) is 0.565. The van der Waals surface area contributed by atoms with Gasteiger partial charge in [0.15, 0.2) is 0 Å². The standard InChI is InChI=1S/C11H15N5O3/c1-12-11(17)9-7-13-5-6-15(9)8-3-2-4-14-10(8)16(18)19/h2-4,9,13H,5-7H2,1H3,(H,12,17). The molecule has 1 aliphatic heterocycles. The van der Waals surface area contributed by atoms with Gasteiger partial charge in [-0.2, -0.15) is 0 Å². The van der Waals surface area contributed by atoms with Gasteiger partial charge in [-0.15, -0.1) is 0 Å². The average molecular weight is 265 g/mol. The van der Waals surface area contributed by atoms with E-state index in [1.165, 1.54) is 6.20 Å². The molecule has 8 heteroatoms. The number of piperazine rings is 1. The Morgan fingerprint density at radius 1 is 1.68 bits per heavy atom. The smallest absolute Gasteiger partial charge is 0.358 e. The Kier molecular flexibility index (Phi) is 3.91. The Bertz CT molecular complexity index is 493. The lowest BCUT2D eigenvalue weighted by Gasteiger charge is -2.35. The minimum Gasteiger partial charge on any atom is -0.358 e.